The fourth-order valence-corrected chi connectivity index (χ4v) is 1.83. The minimum absolute atomic E-state index is 0.423. The van der Waals surface area contributed by atoms with E-state index in [1.165, 1.54) is 0 Å². The van der Waals surface area contributed by atoms with Crippen molar-refractivity contribution in [1.29, 1.82) is 0 Å². The van der Waals surface area contributed by atoms with Crippen molar-refractivity contribution in [3.8, 4) is 0 Å². The largest absolute Gasteiger partial charge is 0.464 e. The van der Waals surface area contributed by atoms with Gasteiger partial charge in [0.25, 0.3) is 0 Å². The quantitative estimate of drug-likeness (QED) is 0.829. The van der Waals surface area contributed by atoms with Crippen LogP contribution in [0.3, 0.4) is 0 Å². The van der Waals surface area contributed by atoms with Crippen LogP contribution in [0.4, 0.5) is 0 Å². The Morgan fingerprint density at radius 1 is 1.27 bits per heavy atom. The van der Waals surface area contributed by atoms with Crippen LogP contribution >= 0.6 is 0 Å². The molecule has 0 aliphatic carbocycles. The molecule has 0 radical (unpaired) electrons. The summed E-state index contributed by atoms with van der Waals surface area (Å²) in [4.78, 5) is 0. The Labute approximate surface area is 89.5 Å². The van der Waals surface area contributed by atoms with Gasteiger partial charge in [0.15, 0.2) is 0 Å². The van der Waals surface area contributed by atoms with Gasteiger partial charge in [-0.05, 0) is 18.4 Å². The van der Waals surface area contributed by atoms with Crippen LogP contribution in [0.25, 0.3) is 11.0 Å². The third-order valence-electron chi connectivity index (χ3n) is 2.56. The first-order valence-electron chi connectivity index (χ1n) is 5.32. The molecule has 80 valence electrons. The van der Waals surface area contributed by atoms with Gasteiger partial charge in [-0.1, -0.05) is 32.0 Å². The van der Waals surface area contributed by atoms with Crippen LogP contribution in [0.1, 0.15) is 31.9 Å². The first-order chi connectivity index (χ1) is 7.18. The summed E-state index contributed by atoms with van der Waals surface area (Å²) in [5.74, 6) is 0.480. The van der Waals surface area contributed by atoms with Crippen LogP contribution in [-0.4, -0.2) is 5.11 Å². The molecule has 2 aromatic rings. The second-order valence-electron chi connectivity index (χ2n) is 4.33. The minimum atomic E-state index is -0.423. The van der Waals surface area contributed by atoms with Crippen LogP contribution < -0.4 is 0 Å². The van der Waals surface area contributed by atoms with Crippen LogP contribution in [0.15, 0.2) is 34.9 Å². The van der Waals surface area contributed by atoms with E-state index >= 15 is 0 Å². The van der Waals surface area contributed by atoms with E-state index in [-0.39, 0.29) is 0 Å². The van der Waals surface area contributed by atoms with Gasteiger partial charge in [-0.15, -0.1) is 0 Å². The predicted octanol–water partition coefficient (Wildman–Crippen LogP) is 3.51. The number of furan rings is 1. The summed E-state index contributed by atoms with van der Waals surface area (Å²) in [6, 6.07) is 7.80. The maximum absolute atomic E-state index is 10.0. The predicted molar refractivity (Wildman–Crippen MR) is 60.6 cm³/mol. The van der Waals surface area contributed by atoms with Crippen molar-refractivity contribution >= 4 is 11.0 Å². The summed E-state index contributed by atoms with van der Waals surface area (Å²) in [5.41, 5.74) is 1.75. The molecule has 0 aliphatic heterocycles. The summed E-state index contributed by atoms with van der Waals surface area (Å²) in [5, 5.41) is 11.0. The Hall–Kier alpha value is -1.28. The number of hydrogen-bond donors (Lipinski definition) is 1. The molecule has 0 saturated heterocycles. The van der Waals surface area contributed by atoms with Gasteiger partial charge in [0, 0.05) is 10.9 Å². The molecule has 2 rings (SSSR count). The fourth-order valence-electron chi connectivity index (χ4n) is 1.83. The van der Waals surface area contributed by atoms with E-state index < -0.39 is 6.10 Å². The third kappa shape index (κ3) is 2.05. The van der Waals surface area contributed by atoms with Gasteiger partial charge in [0.05, 0.1) is 12.4 Å². The Morgan fingerprint density at radius 2 is 2.00 bits per heavy atom. The molecule has 2 nitrogen and oxygen atoms in total. The highest BCUT2D eigenvalue weighted by Crippen LogP contribution is 2.29. The van der Waals surface area contributed by atoms with Crippen molar-refractivity contribution in [2.75, 3.05) is 0 Å². The normalized spacial score (nSPS) is 13.6. The third-order valence-corrected chi connectivity index (χ3v) is 2.56. The Morgan fingerprint density at radius 3 is 2.73 bits per heavy atom. The van der Waals surface area contributed by atoms with Crippen molar-refractivity contribution in [2.24, 2.45) is 5.92 Å². The molecule has 1 aromatic carbocycles. The molecule has 1 unspecified atom stereocenters. The molecule has 0 aliphatic rings. The number of fused-ring (bicyclic) bond motifs is 1. The summed E-state index contributed by atoms with van der Waals surface area (Å²) in [7, 11) is 0. The van der Waals surface area contributed by atoms with Crippen molar-refractivity contribution in [3.63, 3.8) is 0 Å². The topological polar surface area (TPSA) is 33.4 Å². The van der Waals surface area contributed by atoms with E-state index in [0.717, 1.165) is 23.0 Å². The van der Waals surface area contributed by atoms with E-state index in [1.54, 1.807) is 6.26 Å². The zero-order valence-corrected chi connectivity index (χ0v) is 9.10. The monoisotopic (exact) mass is 204 g/mol. The molecule has 2 heteroatoms. The summed E-state index contributed by atoms with van der Waals surface area (Å²) in [6.07, 6.45) is 2.01. The molecule has 0 saturated carbocycles. The van der Waals surface area contributed by atoms with Crippen molar-refractivity contribution in [1.82, 2.24) is 0 Å². The molecule has 1 heterocycles. The van der Waals surface area contributed by atoms with Gasteiger partial charge in [0.2, 0.25) is 0 Å². The molecule has 15 heavy (non-hydrogen) atoms. The molecule has 1 N–H and O–H groups in total. The molecule has 0 amide bonds. The maximum Gasteiger partial charge on any atom is 0.134 e. The van der Waals surface area contributed by atoms with Gasteiger partial charge >= 0.3 is 0 Å². The average molecular weight is 204 g/mol. The summed E-state index contributed by atoms with van der Waals surface area (Å²) < 4.78 is 5.39. The van der Waals surface area contributed by atoms with E-state index in [1.807, 2.05) is 24.3 Å². The molecule has 0 spiro atoms. The van der Waals surface area contributed by atoms with Crippen molar-refractivity contribution in [3.05, 3.63) is 36.1 Å². The van der Waals surface area contributed by atoms with Crippen molar-refractivity contribution in [2.45, 2.75) is 26.4 Å². The van der Waals surface area contributed by atoms with Crippen molar-refractivity contribution < 1.29 is 9.52 Å². The lowest BCUT2D eigenvalue weighted by Gasteiger charge is -2.11. The minimum Gasteiger partial charge on any atom is -0.464 e. The van der Waals surface area contributed by atoms with Gasteiger partial charge in [-0.25, -0.2) is 0 Å². The lowest BCUT2D eigenvalue weighted by atomic mass is 9.99. The smallest absolute Gasteiger partial charge is 0.134 e. The first-order valence-corrected chi connectivity index (χ1v) is 5.32. The zero-order chi connectivity index (χ0) is 10.8. The number of aliphatic hydroxyl groups excluding tert-OH is 1. The summed E-state index contributed by atoms with van der Waals surface area (Å²) >= 11 is 0. The highest BCUT2D eigenvalue weighted by molar-refractivity contribution is 5.81. The maximum atomic E-state index is 10.0. The number of para-hydroxylation sites is 1. The lowest BCUT2D eigenvalue weighted by molar-refractivity contribution is 0.151. The van der Waals surface area contributed by atoms with Gasteiger partial charge in [-0.3, -0.25) is 0 Å². The van der Waals surface area contributed by atoms with E-state index in [9.17, 15) is 5.11 Å². The highest BCUT2D eigenvalue weighted by atomic mass is 16.3. The molecule has 0 fully saturated rings. The average Bonchev–Trinajstić information content (AvgIpc) is 2.59. The van der Waals surface area contributed by atoms with Gasteiger partial charge in [-0.2, -0.15) is 0 Å². The van der Waals surface area contributed by atoms with Crippen LogP contribution in [0, 0.1) is 5.92 Å². The lowest BCUT2D eigenvalue weighted by Crippen LogP contribution is -2.00. The summed E-state index contributed by atoms with van der Waals surface area (Å²) in [6.45, 7) is 4.21. The standard InChI is InChI=1S/C13H16O2/c1-9(2)7-12(14)11-8-15-13-6-4-3-5-10(11)13/h3-6,8-9,12,14H,7H2,1-2H3. The highest BCUT2D eigenvalue weighted by Gasteiger charge is 2.15. The van der Waals surface area contributed by atoms with Gasteiger partial charge in [0.1, 0.15) is 5.58 Å². The first kappa shape index (κ1) is 10.2. The van der Waals surface area contributed by atoms with E-state index in [4.69, 9.17) is 4.42 Å². The zero-order valence-electron chi connectivity index (χ0n) is 9.10. The fraction of sp³-hybridized carbons (Fsp3) is 0.385. The van der Waals surface area contributed by atoms with E-state index in [0.29, 0.717) is 5.92 Å². The second-order valence-corrected chi connectivity index (χ2v) is 4.33. The van der Waals surface area contributed by atoms with Crippen LogP contribution in [-0.2, 0) is 0 Å². The Bertz CT molecular complexity index is 442. The molecule has 1 atom stereocenters. The number of aliphatic hydroxyl groups is 1. The molecular weight excluding hydrogens is 188 g/mol. The molecular formula is C13H16O2. The van der Waals surface area contributed by atoms with E-state index in [2.05, 4.69) is 13.8 Å². The molecule has 0 bridgehead atoms. The Balaban J connectivity index is 2.35. The Kier molecular flexibility index (Phi) is 2.78. The van der Waals surface area contributed by atoms with Gasteiger partial charge < -0.3 is 9.52 Å². The number of rotatable bonds is 3. The van der Waals surface area contributed by atoms with Crippen LogP contribution in [0.5, 0.6) is 0 Å². The number of hydrogen-bond acceptors (Lipinski definition) is 2. The van der Waals surface area contributed by atoms with Crippen LogP contribution in [0.2, 0.25) is 0 Å². The second kappa shape index (κ2) is 4.07. The molecule has 1 aromatic heterocycles. The SMILES string of the molecule is CC(C)CC(O)c1coc2ccccc12. The number of benzene rings is 1.